The van der Waals surface area contributed by atoms with Gasteiger partial charge in [0.1, 0.15) is 0 Å². The Kier molecular flexibility index (Phi) is 8.60. The first kappa shape index (κ1) is 20.5. The van der Waals surface area contributed by atoms with Gasteiger partial charge in [0.15, 0.2) is 5.96 Å². The van der Waals surface area contributed by atoms with Crippen molar-refractivity contribution in [2.45, 2.75) is 64.5 Å². The molecule has 0 aromatic heterocycles. The van der Waals surface area contributed by atoms with Gasteiger partial charge in [-0.1, -0.05) is 19.8 Å². The van der Waals surface area contributed by atoms with Crippen LogP contribution in [0.2, 0.25) is 0 Å². The molecule has 2 rings (SSSR count). The molecule has 6 nitrogen and oxygen atoms in total. The zero-order valence-corrected chi connectivity index (χ0v) is 16.6. The van der Waals surface area contributed by atoms with Crippen molar-refractivity contribution in [2.75, 3.05) is 19.6 Å². The fourth-order valence-corrected chi connectivity index (χ4v) is 3.20. The summed E-state index contributed by atoms with van der Waals surface area (Å²) in [7, 11) is 0. The molecule has 1 saturated heterocycles. The van der Waals surface area contributed by atoms with Gasteiger partial charge in [-0.15, -0.1) is 24.0 Å². The van der Waals surface area contributed by atoms with Gasteiger partial charge < -0.3 is 21.1 Å². The predicted octanol–water partition coefficient (Wildman–Crippen LogP) is 1.38. The second-order valence-corrected chi connectivity index (χ2v) is 6.79. The highest BCUT2D eigenvalue weighted by Gasteiger charge is 2.35. The van der Waals surface area contributed by atoms with Crippen LogP contribution in [0.3, 0.4) is 0 Å². The van der Waals surface area contributed by atoms with E-state index in [0.717, 1.165) is 38.2 Å². The van der Waals surface area contributed by atoms with Gasteiger partial charge in [-0.05, 0) is 26.2 Å². The minimum absolute atomic E-state index is 0. The van der Waals surface area contributed by atoms with E-state index in [2.05, 4.69) is 22.9 Å². The van der Waals surface area contributed by atoms with E-state index in [-0.39, 0.29) is 47.4 Å². The summed E-state index contributed by atoms with van der Waals surface area (Å²) < 4.78 is 0. The van der Waals surface area contributed by atoms with Crippen molar-refractivity contribution >= 4 is 35.8 Å². The highest BCUT2D eigenvalue weighted by Crippen LogP contribution is 2.36. The van der Waals surface area contributed by atoms with E-state index in [1.165, 1.54) is 6.42 Å². The summed E-state index contributed by atoms with van der Waals surface area (Å²) >= 11 is 0. The second-order valence-electron chi connectivity index (χ2n) is 6.79. The Balaban J connectivity index is 0.00000264. The first-order valence-electron chi connectivity index (χ1n) is 8.53. The number of guanidine groups is 1. The Hall–Kier alpha value is -0.570. The number of piperidine rings is 1. The molecular weight excluding hydrogens is 407 g/mol. The predicted molar refractivity (Wildman–Crippen MR) is 103 cm³/mol. The summed E-state index contributed by atoms with van der Waals surface area (Å²) in [6.07, 6.45) is 5.31. The molecule has 0 spiro atoms. The number of carbonyl (C=O) groups is 1. The smallest absolute Gasteiger partial charge is 0.220 e. The maximum absolute atomic E-state index is 11.2. The monoisotopic (exact) mass is 438 g/mol. The number of aliphatic imine (C=N–C) groups is 1. The molecule has 23 heavy (non-hydrogen) atoms. The first-order valence-corrected chi connectivity index (χ1v) is 8.53. The maximum Gasteiger partial charge on any atom is 0.220 e. The molecule has 4 N–H and O–H groups in total. The minimum atomic E-state index is -0.262. The molecule has 0 aromatic rings. The molecule has 0 bridgehead atoms. The Morgan fingerprint density at radius 2 is 2.22 bits per heavy atom. The number of aliphatic hydroxyl groups is 1. The lowest BCUT2D eigenvalue weighted by atomic mass is 9.73. The number of hydrogen-bond acceptors (Lipinski definition) is 3. The maximum atomic E-state index is 11.2. The van der Waals surface area contributed by atoms with Crippen LogP contribution >= 0.6 is 24.0 Å². The van der Waals surface area contributed by atoms with Crippen molar-refractivity contribution in [1.29, 1.82) is 0 Å². The van der Waals surface area contributed by atoms with Crippen molar-refractivity contribution in [3.05, 3.63) is 0 Å². The third kappa shape index (κ3) is 6.10. The van der Waals surface area contributed by atoms with Gasteiger partial charge in [0.2, 0.25) is 5.91 Å². The average Bonchev–Trinajstić information content (AvgIpc) is 2.51. The SMILES string of the molecule is CCNC(=NCC1(C)CCCCC1O)NC1CCC(=O)NC1.I. The molecule has 134 valence electrons. The standard InChI is InChI=1S/C16H30N4O2.HI/c1-3-17-15(20-12-7-8-14(22)18-10-12)19-11-16(2)9-5-4-6-13(16)21;/h12-13,21H,3-11H2,1-2H3,(H,18,22)(H2,17,19,20);1H. The molecule has 2 aliphatic rings. The molecular formula is C16H31IN4O2. The minimum Gasteiger partial charge on any atom is -0.392 e. The highest BCUT2D eigenvalue weighted by atomic mass is 127. The number of amides is 1. The number of nitrogens with zero attached hydrogens (tertiary/aromatic N) is 1. The van der Waals surface area contributed by atoms with Gasteiger partial charge in [-0.2, -0.15) is 0 Å². The molecule has 7 heteroatoms. The van der Waals surface area contributed by atoms with Crippen LogP contribution in [0.15, 0.2) is 4.99 Å². The van der Waals surface area contributed by atoms with Crippen LogP contribution in [-0.2, 0) is 4.79 Å². The lowest BCUT2D eigenvalue weighted by Crippen LogP contribution is -2.51. The zero-order chi connectivity index (χ0) is 16.0. The second kappa shape index (κ2) is 9.66. The molecule has 1 amide bonds. The summed E-state index contributed by atoms with van der Waals surface area (Å²) in [6, 6.07) is 0.222. The molecule has 2 fully saturated rings. The van der Waals surface area contributed by atoms with Crippen molar-refractivity contribution in [1.82, 2.24) is 16.0 Å². The summed E-state index contributed by atoms with van der Waals surface area (Å²) in [4.78, 5) is 15.9. The molecule has 3 unspecified atom stereocenters. The fourth-order valence-electron chi connectivity index (χ4n) is 3.20. The third-order valence-corrected chi connectivity index (χ3v) is 4.83. The lowest BCUT2D eigenvalue weighted by molar-refractivity contribution is -0.122. The van der Waals surface area contributed by atoms with Crippen molar-refractivity contribution in [3.8, 4) is 0 Å². The zero-order valence-electron chi connectivity index (χ0n) is 14.2. The van der Waals surface area contributed by atoms with Gasteiger partial charge in [0.25, 0.3) is 0 Å². The van der Waals surface area contributed by atoms with Crippen LogP contribution in [0.1, 0.15) is 52.4 Å². The molecule has 0 radical (unpaired) electrons. The summed E-state index contributed by atoms with van der Waals surface area (Å²) in [6.45, 7) is 6.23. The molecule has 1 aliphatic carbocycles. The largest absolute Gasteiger partial charge is 0.392 e. The third-order valence-electron chi connectivity index (χ3n) is 4.83. The Morgan fingerprint density at radius 1 is 1.43 bits per heavy atom. The fraction of sp³-hybridized carbons (Fsp3) is 0.875. The van der Waals surface area contributed by atoms with Crippen LogP contribution in [0.5, 0.6) is 0 Å². The number of carbonyl (C=O) groups excluding carboxylic acids is 1. The number of nitrogens with one attached hydrogen (secondary N) is 3. The highest BCUT2D eigenvalue weighted by molar-refractivity contribution is 14.0. The van der Waals surface area contributed by atoms with Gasteiger partial charge in [-0.25, -0.2) is 0 Å². The van der Waals surface area contributed by atoms with E-state index in [0.29, 0.717) is 19.5 Å². The molecule has 3 atom stereocenters. The van der Waals surface area contributed by atoms with E-state index in [4.69, 9.17) is 4.99 Å². The molecule has 1 aliphatic heterocycles. The number of hydrogen-bond donors (Lipinski definition) is 4. The summed E-state index contributed by atoms with van der Waals surface area (Å²) in [5, 5.41) is 19.8. The molecule has 0 aromatic carbocycles. The van der Waals surface area contributed by atoms with Gasteiger partial charge >= 0.3 is 0 Å². The lowest BCUT2D eigenvalue weighted by Gasteiger charge is -2.37. The van der Waals surface area contributed by atoms with Crippen LogP contribution in [-0.4, -0.2) is 48.8 Å². The number of rotatable bonds is 4. The van der Waals surface area contributed by atoms with Crippen LogP contribution in [0.25, 0.3) is 0 Å². The normalized spacial score (nSPS) is 31.8. The molecule has 1 saturated carbocycles. The Morgan fingerprint density at radius 3 is 2.83 bits per heavy atom. The van der Waals surface area contributed by atoms with E-state index in [1.54, 1.807) is 0 Å². The Labute approximate surface area is 156 Å². The number of halogens is 1. The van der Waals surface area contributed by atoms with E-state index < -0.39 is 0 Å². The first-order chi connectivity index (χ1) is 10.5. The topological polar surface area (TPSA) is 85.8 Å². The van der Waals surface area contributed by atoms with E-state index >= 15 is 0 Å². The van der Waals surface area contributed by atoms with Crippen LogP contribution in [0.4, 0.5) is 0 Å². The van der Waals surface area contributed by atoms with Crippen LogP contribution < -0.4 is 16.0 Å². The van der Waals surface area contributed by atoms with Gasteiger partial charge in [-0.3, -0.25) is 9.79 Å². The molecule has 1 heterocycles. The van der Waals surface area contributed by atoms with E-state index in [9.17, 15) is 9.90 Å². The number of aliphatic hydroxyl groups excluding tert-OH is 1. The average molecular weight is 438 g/mol. The summed E-state index contributed by atoms with van der Waals surface area (Å²) in [5.41, 5.74) is -0.124. The quantitative estimate of drug-likeness (QED) is 0.304. The van der Waals surface area contributed by atoms with E-state index in [1.807, 2.05) is 6.92 Å². The Bertz CT molecular complexity index is 409. The van der Waals surface area contributed by atoms with Crippen LogP contribution in [0, 0.1) is 5.41 Å². The van der Waals surface area contributed by atoms with Crippen molar-refractivity contribution in [3.63, 3.8) is 0 Å². The van der Waals surface area contributed by atoms with Gasteiger partial charge in [0.05, 0.1) is 12.6 Å². The van der Waals surface area contributed by atoms with Gasteiger partial charge in [0, 0.05) is 31.0 Å². The van der Waals surface area contributed by atoms with Crippen molar-refractivity contribution in [2.24, 2.45) is 10.4 Å². The van der Waals surface area contributed by atoms with Crippen molar-refractivity contribution < 1.29 is 9.90 Å². The summed E-state index contributed by atoms with van der Waals surface area (Å²) in [5.74, 6) is 0.903.